The van der Waals surface area contributed by atoms with E-state index in [1.54, 1.807) is 7.11 Å². The molecule has 5 heteroatoms. The van der Waals surface area contributed by atoms with Crippen LogP contribution in [0.2, 0.25) is 0 Å². The molecule has 0 fully saturated rings. The number of rotatable bonds is 4. The number of aryl methyl sites for hydroxylation is 1. The number of hydrogen-bond acceptors (Lipinski definition) is 4. The molecule has 0 radical (unpaired) electrons. The van der Waals surface area contributed by atoms with Gasteiger partial charge < -0.3 is 10.5 Å². The average molecular weight is 341 g/mol. The minimum absolute atomic E-state index is 0.631. The topological polar surface area (TPSA) is 52.5 Å². The molecule has 1 atom stereocenters. The highest BCUT2D eigenvalue weighted by molar-refractivity contribution is 7.17. The summed E-state index contributed by atoms with van der Waals surface area (Å²) in [6.45, 7) is 2.97. The van der Waals surface area contributed by atoms with Gasteiger partial charge in [-0.3, -0.25) is 4.40 Å². The monoisotopic (exact) mass is 341 g/mol. The summed E-state index contributed by atoms with van der Waals surface area (Å²) in [5.74, 6) is 1.63. The lowest BCUT2D eigenvalue weighted by Gasteiger charge is -2.18. The molecule has 24 heavy (non-hydrogen) atoms. The van der Waals surface area contributed by atoms with Crippen molar-refractivity contribution >= 4 is 16.3 Å². The fourth-order valence-electron chi connectivity index (χ4n) is 3.65. The summed E-state index contributed by atoms with van der Waals surface area (Å²) in [7, 11) is 1.70. The van der Waals surface area contributed by atoms with Crippen molar-refractivity contribution in [3.63, 3.8) is 0 Å². The van der Waals surface area contributed by atoms with Crippen LogP contribution in [0.25, 0.3) is 16.2 Å². The number of ether oxygens (including phenoxy) is 1. The van der Waals surface area contributed by atoms with Crippen molar-refractivity contribution in [1.29, 1.82) is 0 Å². The van der Waals surface area contributed by atoms with Crippen molar-refractivity contribution in [2.24, 2.45) is 11.7 Å². The molecule has 3 aromatic rings. The summed E-state index contributed by atoms with van der Waals surface area (Å²) in [6.07, 6.45) is 4.42. The van der Waals surface area contributed by atoms with E-state index in [4.69, 9.17) is 15.5 Å². The van der Waals surface area contributed by atoms with Gasteiger partial charge in [0.15, 0.2) is 4.96 Å². The van der Waals surface area contributed by atoms with Crippen LogP contribution in [0.3, 0.4) is 0 Å². The van der Waals surface area contributed by atoms with Crippen molar-refractivity contribution in [3.05, 3.63) is 40.5 Å². The standard InChI is InChI=1S/C19H23N3OS/c1-12-6-7-15-17(10-12)24-19-21-18(16(8-9-20)22(15)19)13-4-3-5-14(11-13)23-2/h3-5,11-12H,6-10,20H2,1-2H3. The van der Waals surface area contributed by atoms with E-state index in [9.17, 15) is 0 Å². The van der Waals surface area contributed by atoms with Crippen molar-refractivity contribution in [2.75, 3.05) is 13.7 Å². The van der Waals surface area contributed by atoms with Gasteiger partial charge in [-0.05, 0) is 43.9 Å². The minimum atomic E-state index is 0.631. The Balaban J connectivity index is 1.90. The van der Waals surface area contributed by atoms with Crippen LogP contribution in [0.5, 0.6) is 5.75 Å². The molecule has 2 N–H and O–H groups in total. The zero-order valence-corrected chi connectivity index (χ0v) is 15.0. The Kier molecular flexibility index (Phi) is 4.06. The maximum absolute atomic E-state index is 5.92. The Morgan fingerprint density at radius 3 is 3.08 bits per heavy atom. The highest BCUT2D eigenvalue weighted by Crippen LogP contribution is 2.37. The molecule has 0 saturated heterocycles. The number of thiazole rings is 1. The largest absolute Gasteiger partial charge is 0.497 e. The van der Waals surface area contributed by atoms with Gasteiger partial charge in [-0.2, -0.15) is 0 Å². The third-order valence-electron chi connectivity index (χ3n) is 4.88. The van der Waals surface area contributed by atoms with Crippen LogP contribution in [0.1, 0.15) is 29.6 Å². The summed E-state index contributed by atoms with van der Waals surface area (Å²) in [6, 6.07) is 8.14. The number of imidazole rings is 1. The van der Waals surface area contributed by atoms with Crippen molar-refractivity contribution in [3.8, 4) is 17.0 Å². The Labute approximate surface area is 146 Å². The second kappa shape index (κ2) is 6.22. The molecule has 0 aliphatic heterocycles. The van der Waals surface area contributed by atoms with Crippen LogP contribution >= 0.6 is 11.3 Å². The molecular weight excluding hydrogens is 318 g/mol. The van der Waals surface area contributed by atoms with Crippen LogP contribution in [0.4, 0.5) is 0 Å². The van der Waals surface area contributed by atoms with E-state index in [1.165, 1.54) is 29.1 Å². The third kappa shape index (κ3) is 2.52. The highest BCUT2D eigenvalue weighted by atomic mass is 32.1. The summed E-state index contributed by atoms with van der Waals surface area (Å²) in [5, 5.41) is 0. The van der Waals surface area contributed by atoms with E-state index in [0.717, 1.165) is 40.7 Å². The SMILES string of the molecule is COc1cccc(-c2nc3sc4c(n3c2CCN)CCC(C)C4)c1. The summed E-state index contributed by atoms with van der Waals surface area (Å²) in [4.78, 5) is 7.59. The third-order valence-corrected chi connectivity index (χ3v) is 5.99. The van der Waals surface area contributed by atoms with Crippen LogP contribution in [0.15, 0.2) is 24.3 Å². The summed E-state index contributed by atoms with van der Waals surface area (Å²) < 4.78 is 7.76. The van der Waals surface area contributed by atoms with E-state index in [0.29, 0.717) is 6.54 Å². The van der Waals surface area contributed by atoms with Crippen molar-refractivity contribution < 1.29 is 4.74 Å². The molecule has 1 aromatic carbocycles. The Morgan fingerprint density at radius 2 is 2.29 bits per heavy atom. The number of hydrogen-bond donors (Lipinski definition) is 1. The first-order chi connectivity index (χ1) is 11.7. The Hall–Kier alpha value is -1.85. The number of fused-ring (bicyclic) bond motifs is 3. The molecule has 2 aromatic heterocycles. The van der Waals surface area contributed by atoms with Gasteiger partial charge in [-0.1, -0.05) is 19.1 Å². The van der Waals surface area contributed by atoms with Crippen LogP contribution in [-0.4, -0.2) is 23.0 Å². The number of nitrogens with zero attached hydrogens (tertiary/aromatic N) is 2. The molecule has 1 unspecified atom stereocenters. The van der Waals surface area contributed by atoms with Gasteiger partial charge in [-0.15, -0.1) is 11.3 Å². The first kappa shape index (κ1) is 15.7. The lowest BCUT2D eigenvalue weighted by Crippen LogP contribution is -2.13. The van der Waals surface area contributed by atoms with Gasteiger partial charge >= 0.3 is 0 Å². The first-order valence-corrected chi connectivity index (χ1v) is 9.39. The predicted octanol–water partition coefficient (Wildman–Crippen LogP) is 3.70. The lowest BCUT2D eigenvalue weighted by atomic mass is 9.93. The fraction of sp³-hybridized carbons (Fsp3) is 0.421. The Morgan fingerprint density at radius 1 is 1.42 bits per heavy atom. The fourth-order valence-corrected chi connectivity index (χ4v) is 5.00. The smallest absolute Gasteiger partial charge is 0.194 e. The zero-order chi connectivity index (χ0) is 16.7. The molecule has 0 spiro atoms. The highest BCUT2D eigenvalue weighted by Gasteiger charge is 2.25. The number of aromatic nitrogens is 2. The molecule has 1 aliphatic carbocycles. The van der Waals surface area contributed by atoms with Gasteiger partial charge in [0.25, 0.3) is 0 Å². The van der Waals surface area contributed by atoms with E-state index in [2.05, 4.69) is 23.5 Å². The molecule has 2 heterocycles. The average Bonchev–Trinajstić information content (AvgIpc) is 3.11. The molecule has 4 nitrogen and oxygen atoms in total. The maximum Gasteiger partial charge on any atom is 0.194 e. The molecule has 0 bridgehead atoms. The van der Waals surface area contributed by atoms with Crippen LogP contribution < -0.4 is 10.5 Å². The molecule has 1 aliphatic rings. The zero-order valence-electron chi connectivity index (χ0n) is 14.2. The van der Waals surface area contributed by atoms with Gasteiger partial charge in [0.1, 0.15) is 5.75 Å². The van der Waals surface area contributed by atoms with Crippen LogP contribution in [0, 0.1) is 5.92 Å². The van der Waals surface area contributed by atoms with Gasteiger partial charge in [0.2, 0.25) is 0 Å². The molecule has 126 valence electrons. The second-order valence-corrected chi connectivity index (χ2v) is 7.68. The normalized spacial score (nSPS) is 17.2. The quantitative estimate of drug-likeness (QED) is 0.787. The van der Waals surface area contributed by atoms with E-state index in [-0.39, 0.29) is 0 Å². The number of nitrogens with two attached hydrogens (primary N) is 1. The van der Waals surface area contributed by atoms with Crippen molar-refractivity contribution in [1.82, 2.24) is 9.38 Å². The summed E-state index contributed by atoms with van der Waals surface area (Å²) in [5.41, 5.74) is 10.8. The first-order valence-electron chi connectivity index (χ1n) is 8.57. The summed E-state index contributed by atoms with van der Waals surface area (Å²) >= 11 is 1.85. The maximum atomic E-state index is 5.92. The van der Waals surface area contributed by atoms with Crippen molar-refractivity contribution in [2.45, 2.75) is 32.6 Å². The Bertz CT molecular complexity index is 880. The second-order valence-electron chi connectivity index (χ2n) is 6.62. The van der Waals surface area contributed by atoms with Gasteiger partial charge in [0, 0.05) is 22.6 Å². The van der Waals surface area contributed by atoms with Crippen LogP contribution in [-0.2, 0) is 19.3 Å². The van der Waals surface area contributed by atoms with E-state index in [1.807, 2.05) is 23.5 Å². The predicted molar refractivity (Wildman–Crippen MR) is 99.0 cm³/mol. The van der Waals surface area contributed by atoms with Gasteiger partial charge in [0.05, 0.1) is 18.5 Å². The number of methoxy groups -OCH3 is 1. The van der Waals surface area contributed by atoms with E-state index >= 15 is 0 Å². The molecular formula is C19H23N3OS. The molecule has 4 rings (SSSR count). The molecule has 0 amide bonds. The lowest BCUT2D eigenvalue weighted by molar-refractivity contribution is 0.415. The van der Waals surface area contributed by atoms with E-state index < -0.39 is 0 Å². The van der Waals surface area contributed by atoms with Gasteiger partial charge in [-0.25, -0.2) is 4.98 Å². The molecule has 0 saturated carbocycles. The number of benzene rings is 1. The minimum Gasteiger partial charge on any atom is -0.497 e.